The van der Waals surface area contributed by atoms with Crippen molar-refractivity contribution in [3.05, 3.63) is 30.1 Å². The molecule has 1 rings (SSSR count). The molecule has 0 bridgehead atoms. The smallest absolute Gasteiger partial charge is 0.303 e. The van der Waals surface area contributed by atoms with Gasteiger partial charge in [0.15, 0.2) is 0 Å². The molecule has 1 amide bonds. The Morgan fingerprint density at radius 1 is 1.32 bits per heavy atom. The minimum Gasteiger partial charge on any atom is -0.481 e. The van der Waals surface area contributed by atoms with E-state index >= 15 is 0 Å². The van der Waals surface area contributed by atoms with Crippen LogP contribution >= 0.6 is 0 Å². The number of nitrogens with one attached hydrogen (secondary N) is 1. The molecule has 0 fully saturated rings. The molecule has 0 aromatic carbocycles. The number of carboxylic acid groups (broad SMARTS) is 1. The molecule has 0 aliphatic carbocycles. The molecule has 0 spiro atoms. The Kier molecular flexibility index (Phi) is 5.03. The quantitative estimate of drug-likeness (QED) is 0.825. The lowest BCUT2D eigenvalue weighted by atomic mass is 9.85. The first-order valence-electron chi connectivity index (χ1n) is 6.21. The van der Waals surface area contributed by atoms with Gasteiger partial charge in [0.05, 0.1) is 12.5 Å². The zero-order valence-electron chi connectivity index (χ0n) is 11.5. The lowest BCUT2D eigenvalue weighted by Gasteiger charge is -2.23. The van der Waals surface area contributed by atoms with E-state index in [0.29, 0.717) is 0 Å². The maximum Gasteiger partial charge on any atom is 0.303 e. The van der Waals surface area contributed by atoms with Crippen molar-refractivity contribution in [2.75, 3.05) is 0 Å². The van der Waals surface area contributed by atoms with Crippen LogP contribution in [0.15, 0.2) is 24.5 Å². The van der Waals surface area contributed by atoms with E-state index in [1.807, 2.05) is 19.1 Å². The number of aliphatic carboxylic acids is 1. The highest BCUT2D eigenvalue weighted by Gasteiger charge is 2.25. The second-order valence-corrected chi connectivity index (χ2v) is 5.48. The van der Waals surface area contributed by atoms with Crippen LogP contribution < -0.4 is 5.32 Å². The predicted molar refractivity (Wildman–Crippen MR) is 71.4 cm³/mol. The molecule has 1 atom stereocenters. The van der Waals surface area contributed by atoms with Crippen LogP contribution in [0.1, 0.15) is 45.2 Å². The third-order valence-electron chi connectivity index (χ3n) is 2.85. The highest BCUT2D eigenvalue weighted by molar-refractivity contribution is 5.78. The van der Waals surface area contributed by atoms with Gasteiger partial charge in [0, 0.05) is 18.8 Å². The van der Waals surface area contributed by atoms with Crippen LogP contribution in [0, 0.1) is 5.41 Å². The highest BCUT2D eigenvalue weighted by Crippen LogP contribution is 2.25. The van der Waals surface area contributed by atoms with Crippen molar-refractivity contribution in [2.45, 2.75) is 39.7 Å². The van der Waals surface area contributed by atoms with Crippen molar-refractivity contribution in [3.63, 3.8) is 0 Å². The molecule has 1 aromatic heterocycles. The molecule has 1 aromatic rings. The summed E-state index contributed by atoms with van der Waals surface area (Å²) in [6.07, 6.45) is 3.51. The molecule has 0 unspecified atom stereocenters. The third kappa shape index (κ3) is 5.50. The lowest BCUT2D eigenvalue weighted by molar-refractivity contribution is -0.139. The van der Waals surface area contributed by atoms with Gasteiger partial charge in [0.1, 0.15) is 0 Å². The Morgan fingerprint density at radius 3 is 2.42 bits per heavy atom. The summed E-state index contributed by atoms with van der Waals surface area (Å²) in [6, 6.07) is 3.57. The van der Waals surface area contributed by atoms with Gasteiger partial charge in [0.2, 0.25) is 5.91 Å². The SMILES string of the molecule is C[C@H](NC(=O)CC(C)(C)CC(=O)O)c1ccncc1. The number of pyridine rings is 1. The van der Waals surface area contributed by atoms with Gasteiger partial charge in [-0.05, 0) is 30.0 Å². The average Bonchev–Trinajstić information content (AvgIpc) is 2.27. The van der Waals surface area contributed by atoms with Crippen LogP contribution in [-0.2, 0) is 9.59 Å². The summed E-state index contributed by atoms with van der Waals surface area (Å²) in [7, 11) is 0. The first-order chi connectivity index (χ1) is 8.80. The number of carboxylic acids is 1. The summed E-state index contributed by atoms with van der Waals surface area (Å²) in [5, 5.41) is 11.6. The number of nitrogens with zero attached hydrogens (tertiary/aromatic N) is 1. The number of aromatic nitrogens is 1. The fourth-order valence-corrected chi connectivity index (χ4v) is 1.93. The Balaban J connectivity index is 2.54. The molecular weight excluding hydrogens is 244 g/mol. The van der Waals surface area contributed by atoms with Gasteiger partial charge in [-0.2, -0.15) is 0 Å². The molecule has 104 valence electrons. The van der Waals surface area contributed by atoms with Gasteiger partial charge >= 0.3 is 5.97 Å². The number of hydrogen-bond acceptors (Lipinski definition) is 3. The molecule has 2 N–H and O–H groups in total. The van der Waals surface area contributed by atoms with Gasteiger partial charge < -0.3 is 10.4 Å². The van der Waals surface area contributed by atoms with E-state index in [-0.39, 0.29) is 24.8 Å². The first-order valence-corrected chi connectivity index (χ1v) is 6.21. The molecule has 0 saturated heterocycles. The normalized spacial score (nSPS) is 12.8. The standard InChI is InChI=1S/C14H20N2O3/c1-10(11-4-6-15-7-5-11)16-12(17)8-14(2,3)9-13(18)19/h4-7,10H,8-9H2,1-3H3,(H,16,17)(H,18,19)/t10-/m0/s1. The van der Waals surface area contributed by atoms with Crippen LogP contribution in [0.2, 0.25) is 0 Å². The third-order valence-corrected chi connectivity index (χ3v) is 2.85. The van der Waals surface area contributed by atoms with E-state index in [2.05, 4.69) is 10.3 Å². The van der Waals surface area contributed by atoms with Gasteiger partial charge in [-0.3, -0.25) is 14.6 Å². The number of rotatable bonds is 6. The maximum absolute atomic E-state index is 11.9. The summed E-state index contributed by atoms with van der Waals surface area (Å²) < 4.78 is 0. The molecule has 0 aliphatic heterocycles. The fourth-order valence-electron chi connectivity index (χ4n) is 1.93. The van der Waals surface area contributed by atoms with E-state index in [1.165, 1.54) is 0 Å². The van der Waals surface area contributed by atoms with E-state index in [0.717, 1.165) is 5.56 Å². The Morgan fingerprint density at radius 2 is 1.89 bits per heavy atom. The topological polar surface area (TPSA) is 79.3 Å². The van der Waals surface area contributed by atoms with Gasteiger partial charge in [-0.15, -0.1) is 0 Å². The van der Waals surface area contributed by atoms with E-state index in [9.17, 15) is 9.59 Å². The van der Waals surface area contributed by atoms with Crippen LogP contribution in [-0.4, -0.2) is 22.0 Å². The minimum absolute atomic E-state index is 0.0238. The van der Waals surface area contributed by atoms with E-state index < -0.39 is 11.4 Å². The second kappa shape index (κ2) is 6.31. The highest BCUT2D eigenvalue weighted by atomic mass is 16.4. The summed E-state index contributed by atoms with van der Waals surface area (Å²) in [6.45, 7) is 5.44. The van der Waals surface area contributed by atoms with Crippen molar-refractivity contribution in [1.82, 2.24) is 10.3 Å². The zero-order chi connectivity index (χ0) is 14.5. The van der Waals surface area contributed by atoms with Crippen molar-refractivity contribution in [2.24, 2.45) is 5.41 Å². The summed E-state index contributed by atoms with van der Waals surface area (Å²) in [4.78, 5) is 26.5. The molecule has 0 radical (unpaired) electrons. The molecule has 0 saturated carbocycles. The van der Waals surface area contributed by atoms with Crippen molar-refractivity contribution >= 4 is 11.9 Å². The Hall–Kier alpha value is -1.91. The van der Waals surface area contributed by atoms with Crippen molar-refractivity contribution in [3.8, 4) is 0 Å². The zero-order valence-corrected chi connectivity index (χ0v) is 11.5. The largest absolute Gasteiger partial charge is 0.481 e. The molecule has 5 heteroatoms. The van der Waals surface area contributed by atoms with Crippen LogP contribution in [0.3, 0.4) is 0 Å². The molecule has 0 aliphatic rings. The molecule has 1 heterocycles. The van der Waals surface area contributed by atoms with Gasteiger partial charge in [0.25, 0.3) is 0 Å². The van der Waals surface area contributed by atoms with Crippen LogP contribution in [0.5, 0.6) is 0 Å². The molecule has 5 nitrogen and oxygen atoms in total. The van der Waals surface area contributed by atoms with Crippen LogP contribution in [0.25, 0.3) is 0 Å². The Labute approximate surface area is 113 Å². The number of hydrogen-bond donors (Lipinski definition) is 2. The summed E-state index contributed by atoms with van der Waals surface area (Å²) in [5.74, 6) is -1.03. The van der Waals surface area contributed by atoms with Crippen LogP contribution in [0.4, 0.5) is 0 Å². The lowest BCUT2D eigenvalue weighted by Crippen LogP contribution is -2.31. The fraction of sp³-hybridized carbons (Fsp3) is 0.500. The van der Waals surface area contributed by atoms with E-state index in [4.69, 9.17) is 5.11 Å². The predicted octanol–water partition coefficient (Wildman–Crippen LogP) is 2.15. The van der Waals surface area contributed by atoms with Gasteiger partial charge in [-0.1, -0.05) is 13.8 Å². The molecule has 19 heavy (non-hydrogen) atoms. The summed E-state index contributed by atoms with van der Waals surface area (Å²) in [5.41, 5.74) is 0.424. The average molecular weight is 264 g/mol. The summed E-state index contributed by atoms with van der Waals surface area (Å²) >= 11 is 0. The Bertz CT molecular complexity index is 443. The molecular formula is C14H20N2O3. The van der Waals surface area contributed by atoms with Gasteiger partial charge in [-0.25, -0.2) is 0 Å². The van der Waals surface area contributed by atoms with Crippen molar-refractivity contribution in [1.29, 1.82) is 0 Å². The number of carbonyl (C=O) groups is 2. The monoisotopic (exact) mass is 264 g/mol. The number of carbonyl (C=O) groups excluding carboxylic acids is 1. The van der Waals surface area contributed by atoms with Crippen molar-refractivity contribution < 1.29 is 14.7 Å². The minimum atomic E-state index is -0.889. The maximum atomic E-state index is 11.9. The number of amides is 1. The van der Waals surface area contributed by atoms with E-state index in [1.54, 1.807) is 26.2 Å². The second-order valence-electron chi connectivity index (χ2n) is 5.48. The first kappa shape index (κ1) is 15.1.